The summed E-state index contributed by atoms with van der Waals surface area (Å²) in [5, 5.41) is 3.34. The lowest BCUT2D eigenvalue weighted by molar-refractivity contribution is 0.692. The zero-order chi connectivity index (χ0) is 9.80. The normalized spacial score (nSPS) is 16.5. The second-order valence-electron chi connectivity index (χ2n) is 3.98. The Morgan fingerprint density at radius 1 is 1.36 bits per heavy atom. The largest absolute Gasteiger partial charge is 0.313 e. The molecule has 0 fully saturated rings. The number of rotatable bonds is 2. The molecule has 0 bridgehead atoms. The molecular formula is C13H17N. The maximum absolute atomic E-state index is 3.34. The summed E-state index contributed by atoms with van der Waals surface area (Å²) in [6.45, 7) is 4.33. The van der Waals surface area contributed by atoms with Crippen molar-refractivity contribution in [2.75, 3.05) is 13.1 Å². The summed E-state index contributed by atoms with van der Waals surface area (Å²) in [5.74, 6) is 0. The van der Waals surface area contributed by atoms with E-state index in [2.05, 4.69) is 42.6 Å². The van der Waals surface area contributed by atoms with Gasteiger partial charge in [0.05, 0.1) is 0 Å². The van der Waals surface area contributed by atoms with Crippen molar-refractivity contribution < 1.29 is 0 Å². The van der Waals surface area contributed by atoms with Gasteiger partial charge >= 0.3 is 0 Å². The van der Waals surface area contributed by atoms with Crippen LogP contribution in [-0.4, -0.2) is 13.1 Å². The van der Waals surface area contributed by atoms with Crippen LogP contribution in [0.25, 0.3) is 0 Å². The van der Waals surface area contributed by atoms with E-state index >= 15 is 0 Å². The summed E-state index contributed by atoms with van der Waals surface area (Å²) in [6.07, 6.45) is 4.66. The lowest BCUT2D eigenvalue weighted by atomic mass is 9.99. The van der Waals surface area contributed by atoms with Crippen molar-refractivity contribution in [3.05, 3.63) is 47.0 Å². The molecule has 2 rings (SSSR count). The molecule has 1 aromatic carbocycles. The third-order valence-electron chi connectivity index (χ3n) is 2.67. The first kappa shape index (κ1) is 9.47. The number of benzene rings is 1. The Labute approximate surface area is 85.8 Å². The van der Waals surface area contributed by atoms with Crippen LogP contribution in [-0.2, 0) is 6.42 Å². The van der Waals surface area contributed by atoms with Gasteiger partial charge in [0.25, 0.3) is 0 Å². The molecular weight excluding hydrogens is 170 g/mol. The standard InChI is InChI=1S/C13H17N/c1-11-3-2-4-13(9-11)10-12-5-7-14-8-6-12/h2-5,9,14H,6-8,10H2,1H3. The highest BCUT2D eigenvalue weighted by atomic mass is 14.8. The first-order valence-electron chi connectivity index (χ1n) is 5.29. The van der Waals surface area contributed by atoms with Gasteiger partial charge in [-0.25, -0.2) is 0 Å². The maximum atomic E-state index is 3.34. The molecule has 1 aliphatic rings. The Morgan fingerprint density at radius 2 is 2.29 bits per heavy atom. The third kappa shape index (κ3) is 2.46. The smallest absolute Gasteiger partial charge is 0.0137 e. The fourth-order valence-corrected chi connectivity index (χ4v) is 1.91. The highest BCUT2D eigenvalue weighted by molar-refractivity contribution is 5.27. The van der Waals surface area contributed by atoms with Gasteiger partial charge in [-0.2, -0.15) is 0 Å². The number of hydrogen-bond acceptors (Lipinski definition) is 1. The Bertz CT molecular complexity index is 339. The molecule has 1 heterocycles. The second-order valence-corrected chi connectivity index (χ2v) is 3.98. The molecule has 0 saturated carbocycles. The van der Waals surface area contributed by atoms with Gasteiger partial charge in [0, 0.05) is 6.54 Å². The van der Waals surface area contributed by atoms with E-state index < -0.39 is 0 Å². The van der Waals surface area contributed by atoms with Gasteiger partial charge in [-0.15, -0.1) is 0 Å². The molecule has 0 amide bonds. The minimum absolute atomic E-state index is 1.04. The van der Waals surface area contributed by atoms with Crippen molar-refractivity contribution in [2.45, 2.75) is 19.8 Å². The molecule has 0 spiro atoms. The van der Waals surface area contributed by atoms with Gasteiger partial charge in [-0.3, -0.25) is 0 Å². The van der Waals surface area contributed by atoms with Crippen LogP contribution in [0, 0.1) is 6.92 Å². The second kappa shape index (κ2) is 4.43. The number of nitrogens with one attached hydrogen (secondary N) is 1. The molecule has 0 saturated heterocycles. The van der Waals surface area contributed by atoms with Gasteiger partial charge in [-0.1, -0.05) is 41.5 Å². The fraction of sp³-hybridized carbons (Fsp3) is 0.385. The van der Waals surface area contributed by atoms with E-state index in [4.69, 9.17) is 0 Å². The maximum Gasteiger partial charge on any atom is 0.0137 e. The average molecular weight is 187 g/mol. The molecule has 0 aliphatic carbocycles. The quantitative estimate of drug-likeness (QED) is 0.701. The van der Waals surface area contributed by atoms with E-state index in [0.717, 1.165) is 19.5 Å². The molecule has 0 atom stereocenters. The van der Waals surface area contributed by atoms with Crippen molar-refractivity contribution in [1.29, 1.82) is 0 Å². The van der Waals surface area contributed by atoms with Gasteiger partial charge < -0.3 is 5.32 Å². The van der Waals surface area contributed by atoms with Gasteiger partial charge in [0.15, 0.2) is 0 Å². The molecule has 1 nitrogen and oxygen atoms in total. The van der Waals surface area contributed by atoms with E-state index in [9.17, 15) is 0 Å². The fourth-order valence-electron chi connectivity index (χ4n) is 1.91. The van der Waals surface area contributed by atoms with Crippen LogP contribution in [0.5, 0.6) is 0 Å². The van der Waals surface area contributed by atoms with Gasteiger partial charge in [0.2, 0.25) is 0 Å². The first-order chi connectivity index (χ1) is 6.84. The zero-order valence-electron chi connectivity index (χ0n) is 8.72. The highest BCUT2D eigenvalue weighted by Gasteiger charge is 2.03. The minimum Gasteiger partial charge on any atom is -0.313 e. The van der Waals surface area contributed by atoms with E-state index in [0.29, 0.717) is 0 Å². The van der Waals surface area contributed by atoms with Crippen LogP contribution < -0.4 is 5.32 Å². The summed E-state index contributed by atoms with van der Waals surface area (Å²) < 4.78 is 0. The summed E-state index contributed by atoms with van der Waals surface area (Å²) in [5.41, 5.74) is 4.38. The summed E-state index contributed by atoms with van der Waals surface area (Å²) in [6, 6.07) is 8.80. The minimum atomic E-state index is 1.04. The van der Waals surface area contributed by atoms with E-state index in [1.165, 1.54) is 17.5 Å². The van der Waals surface area contributed by atoms with Gasteiger partial charge in [0.1, 0.15) is 0 Å². The Hall–Kier alpha value is -1.08. The highest BCUT2D eigenvalue weighted by Crippen LogP contribution is 2.13. The summed E-state index contributed by atoms with van der Waals surface area (Å²) in [4.78, 5) is 0. The topological polar surface area (TPSA) is 12.0 Å². The van der Waals surface area contributed by atoms with Crippen LogP contribution in [0.4, 0.5) is 0 Å². The van der Waals surface area contributed by atoms with E-state index in [1.54, 1.807) is 5.57 Å². The zero-order valence-corrected chi connectivity index (χ0v) is 8.72. The third-order valence-corrected chi connectivity index (χ3v) is 2.67. The number of hydrogen-bond donors (Lipinski definition) is 1. The molecule has 1 N–H and O–H groups in total. The van der Waals surface area contributed by atoms with Crippen LogP contribution in [0.15, 0.2) is 35.9 Å². The molecule has 14 heavy (non-hydrogen) atoms. The van der Waals surface area contributed by atoms with Crippen molar-refractivity contribution >= 4 is 0 Å². The van der Waals surface area contributed by atoms with Crippen molar-refractivity contribution in [3.8, 4) is 0 Å². The van der Waals surface area contributed by atoms with Crippen molar-refractivity contribution in [1.82, 2.24) is 5.32 Å². The summed E-state index contributed by atoms with van der Waals surface area (Å²) >= 11 is 0. The van der Waals surface area contributed by atoms with Crippen molar-refractivity contribution in [2.24, 2.45) is 0 Å². The SMILES string of the molecule is Cc1cccc(CC2=CCNCC2)c1. The van der Waals surface area contributed by atoms with E-state index in [-0.39, 0.29) is 0 Å². The summed E-state index contributed by atoms with van der Waals surface area (Å²) in [7, 11) is 0. The predicted octanol–water partition coefficient (Wildman–Crippen LogP) is 2.46. The molecule has 74 valence electrons. The van der Waals surface area contributed by atoms with Crippen LogP contribution in [0.3, 0.4) is 0 Å². The Morgan fingerprint density at radius 3 is 3.00 bits per heavy atom. The lowest BCUT2D eigenvalue weighted by Gasteiger charge is -2.14. The first-order valence-corrected chi connectivity index (χ1v) is 5.29. The molecule has 0 radical (unpaired) electrons. The number of aryl methyl sites for hydroxylation is 1. The lowest BCUT2D eigenvalue weighted by Crippen LogP contribution is -2.21. The molecule has 0 unspecified atom stereocenters. The van der Waals surface area contributed by atoms with Gasteiger partial charge in [-0.05, 0) is 31.9 Å². The van der Waals surface area contributed by atoms with Crippen LogP contribution in [0.2, 0.25) is 0 Å². The van der Waals surface area contributed by atoms with Crippen molar-refractivity contribution in [3.63, 3.8) is 0 Å². The van der Waals surface area contributed by atoms with E-state index in [1.807, 2.05) is 0 Å². The molecule has 0 aromatic heterocycles. The monoisotopic (exact) mass is 187 g/mol. The molecule has 1 aromatic rings. The Kier molecular flexibility index (Phi) is 3.00. The van der Waals surface area contributed by atoms with Crippen LogP contribution >= 0.6 is 0 Å². The molecule has 1 aliphatic heterocycles. The van der Waals surface area contributed by atoms with Crippen LogP contribution in [0.1, 0.15) is 17.5 Å². The molecule has 1 heteroatoms. The predicted molar refractivity (Wildman–Crippen MR) is 60.5 cm³/mol. The average Bonchev–Trinajstić information content (AvgIpc) is 2.19. The Balaban J connectivity index is 2.06.